The van der Waals surface area contributed by atoms with Crippen LogP contribution in [-0.2, 0) is 11.2 Å². The van der Waals surface area contributed by atoms with Gasteiger partial charge in [0.1, 0.15) is 0 Å². The van der Waals surface area contributed by atoms with Crippen molar-refractivity contribution in [2.24, 2.45) is 5.92 Å². The Kier molecular flexibility index (Phi) is 4.29. The first-order valence-corrected chi connectivity index (χ1v) is 5.53. The molecule has 0 aromatic heterocycles. The Hall–Kier alpha value is -1.57. The lowest BCUT2D eigenvalue weighted by atomic mass is 9.99. The molecule has 0 heterocycles. The van der Waals surface area contributed by atoms with Crippen LogP contribution in [0.5, 0.6) is 0 Å². The van der Waals surface area contributed by atoms with E-state index in [1.54, 1.807) is 13.0 Å². The second-order valence-electron chi connectivity index (χ2n) is 4.30. The fraction of sp³-hybridized carbons (Fsp3) is 0.357. The van der Waals surface area contributed by atoms with Crippen LogP contribution in [0.2, 0.25) is 0 Å². The minimum absolute atomic E-state index is 0.357. The van der Waals surface area contributed by atoms with Crippen molar-refractivity contribution in [1.82, 2.24) is 0 Å². The molecule has 2 heteroatoms. The number of hydrogen-bond donors (Lipinski definition) is 1. The van der Waals surface area contributed by atoms with E-state index in [0.717, 1.165) is 12.0 Å². The summed E-state index contributed by atoms with van der Waals surface area (Å²) in [5.74, 6) is -0.259. The van der Waals surface area contributed by atoms with Crippen LogP contribution in [0.25, 0.3) is 5.57 Å². The first kappa shape index (κ1) is 12.5. The molecule has 0 aliphatic heterocycles. The van der Waals surface area contributed by atoms with E-state index in [1.165, 1.54) is 5.56 Å². The molecule has 0 fully saturated rings. The van der Waals surface area contributed by atoms with Crippen LogP contribution in [0.3, 0.4) is 0 Å². The maximum Gasteiger partial charge on any atom is 0.335 e. The summed E-state index contributed by atoms with van der Waals surface area (Å²) in [7, 11) is 0. The highest BCUT2D eigenvalue weighted by molar-refractivity contribution is 6.15. The maximum atomic E-state index is 10.9. The molecule has 0 aliphatic rings. The third-order valence-corrected chi connectivity index (χ3v) is 2.43. The summed E-state index contributed by atoms with van der Waals surface area (Å²) in [6, 6.07) is 7.76. The van der Waals surface area contributed by atoms with Crippen LogP contribution in [0.15, 0.2) is 30.3 Å². The Labute approximate surface area is 96.6 Å². The molecule has 1 aromatic carbocycles. The van der Waals surface area contributed by atoms with Crippen LogP contribution in [0.4, 0.5) is 0 Å². The van der Waals surface area contributed by atoms with Crippen LogP contribution in [0, 0.1) is 5.92 Å². The zero-order valence-corrected chi connectivity index (χ0v) is 10.0. The molecule has 0 amide bonds. The number of benzene rings is 1. The molecule has 0 saturated carbocycles. The Morgan fingerprint density at radius 2 is 1.88 bits per heavy atom. The molecule has 86 valence electrons. The van der Waals surface area contributed by atoms with Gasteiger partial charge < -0.3 is 5.11 Å². The minimum atomic E-state index is -0.876. The molecular weight excluding hydrogens is 200 g/mol. The Morgan fingerprint density at radius 1 is 1.31 bits per heavy atom. The Morgan fingerprint density at radius 3 is 2.25 bits per heavy atom. The van der Waals surface area contributed by atoms with Crippen molar-refractivity contribution < 1.29 is 9.90 Å². The first-order valence-electron chi connectivity index (χ1n) is 5.53. The van der Waals surface area contributed by atoms with Gasteiger partial charge in [-0.15, -0.1) is 0 Å². The highest BCUT2D eigenvalue weighted by Gasteiger charge is 2.08. The van der Waals surface area contributed by atoms with E-state index in [9.17, 15) is 4.79 Å². The van der Waals surface area contributed by atoms with Gasteiger partial charge in [-0.25, -0.2) is 4.79 Å². The van der Waals surface area contributed by atoms with Crippen LogP contribution >= 0.6 is 0 Å². The molecule has 0 radical (unpaired) electrons. The third-order valence-electron chi connectivity index (χ3n) is 2.43. The molecule has 0 bridgehead atoms. The van der Waals surface area contributed by atoms with Gasteiger partial charge in [-0.05, 0) is 30.4 Å². The summed E-state index contributed by atoms with van der Waals surface area (Å²) in [5.41, 5.74) is 2.37. The smallest absolute Gasteiger partial charge is 0.335 e. The zero-order chi connectivity index (χ0) is 12.1. The van der Waals surface area contributed by atoms with Crippen molar-refractivity contribution in [2.45, 2.75) is 27.2 Å². The molecule has 16 heavy (non-hydrogen) atoms. The Bertz CT molecular complexity index is 386. The maximum absolute atomic E-state index is 10.9. The van der Waals surface area contributed by atoms with E-state index in [2.05, 4.69) is 13.8 Å². The van der Waals surface area contributed by atoms with E-state index in [1.807, 2.05) is 24.3 Å². The number of carboxylic acid groups (broad SMARTS) is 1. The van der Waals surface area contributed by atoms with Crippen LogP contribution < -0.4 is 0 Å². The average Bonchev–Trinajstić information content (AvgIpc) is 2.20. The number of rotatable bonds is 4. The summed E-state index contributed by atoms with van der Waals surface area (Å²) >= 11 is 0. The molecule has 0 unspecified atom stereocenters. The fourth-order valence-electron chi connectivity index (χ4n) is 1.71. The molecule has 0 aliphatic carbocycles. The summed E-state index contributed by atoms with van der Waals surface area (Å²) in [5, 5.41) is 8.97. The van der Waals surface area contributed by atoms with Gasteiger partial charge in [0.25, 0.3) is 0 Å². The molecule has 0 atom stereocenters. The van der Waals surface area contributed by atoms with Crippen molar-refractivity contribution in [3.63, 3.8) is 0 Å². The SMILES string of the molecule is CC=C(C(=O)O)c1ccc(CC(C)C)cc1. The first-order chi connectivity index (χ1) is 7.54. The van der Waals surface area contributed by atoms with Crippen molar-refractivity contribution in [1.29, 1.82) is 0 Å². The van der Waals surface area contributed by atoms with Crippen molar-refractivity contribution >= 4 is 11.5 Å². The highest BCUT2D eigenvalue weighted by Crippen LogP contribution is 2.17. The number of carbonyl (C=O) groups is 1. The third kappa shape index (κ3) is 3.23. The van der Waals surface area contributed by atoms with Gasteiger partial charge in [-0.1, -0.05) is 44.2 Å². The van der Waals surface area contributed by atoms with Crippen LogP contribution in [-0.4, -0.2) is 11.1 Å². The lowest BCUT2D eigenvalue weighted by Crippen LogP contribution is -2.00. The van der Waals surface area contributed by atoms with Gasteiger partial charge in [0.2, 0.25) is 0 Å². The van der Waals surface area contributed by atoms with E-state index in [4.69, 9.17) is 5.11 Å². The predicted octanol–water partition coefficient (Wildman–Crippen LogP) is 3.37. The number of carboxylic acids is 1. The minimum Gasteiger partial charge on any atom is -0.478 e. The van der Waals surface area contributed by atoms with Gasteiger partial charge in [0, 0.05) is 0 Å². The van der Waals surface area contributed by atoms with Gasteiger partial charge >= 0.3 is 5.97 Å². The summed E-state index contributed by atoms with van der Waals surface area (Å²) < 4.78 is 0. The van der Waals surface area contributed by atoms with Crippen molar-refractivity contribution in [2.75, 3.05) is 0 Å². The topological polar surface area (TPSA) is 37.3 Å². The van der Waals surface area contributed by atoms with Gasteiger partial charge in [0.15, 0.2) is 0 Å². The van der Waals surface area contributed by atoms with Crippen molar-refractivity contribution in [3.8, 4) is 0 Å². The second kappa shape index (κ2) is 5.50. The van der Waals surface area contributed by atoms with Gasteiger partial charge in [-0.3, -0.25) is 0 Å². The standard InChI is InChI=1S/C14H18O2/c1-4-13(14(15)16)12-7-5-11(6-8-12)9-10(2)3/h4-8,10H,9H2,1-3H3,(H,15,16). The monoisotopic (exact) mass is 218 g/mol. The molecule has 2 nitrogen and oxygen atoms in total. The molecule has 0 saturated heterocycles. The predicted molar refractivity (Wildman–Crippen MR) is 66.3 cm³/mol. The molecule has 1 rings (SSSR count). The van der Waals surface area contributed by atoms with Crippen molar-refractivity contribution in [3.05, 3.63) is 41.5 Å². The van der Waals surface area contributed by atoms with Gasteiger partial charge in [-0.2, -0.15) is 0 Å². The molecule has 1 aromatic rings. The van der Waals surface area contributed by atoms with E-state index in [-0.39, 0.29) is 0 Å². The van der Waals surface area contributed by atoms with E-state index >= 15 is 0 Å². The molecule has 0 spiro atoms. The molecule has 1 N–H and O–H groups in total. The fourth-order valence-corrected chi connectivity index (χ4v) is 1.71. The largest absolute Gasteiger partial charge is 0.478 e. The Balaban J connectivity index is 2.90. The average molecular weight is 218 g/mol. The summed E-state index contributed by atoms with van der Waals surface area (Å²) in [4.78, 5) is 10.9. The molecular formula is C14H18O2. The van der Waals surface area contributed by atoms with E-state index in [0.29, 0.717) is 11.5 Å². The number of allylic oxidation sites excluding steroid dienone is 1. The summed E-state index contributed by atoms with van der Waals surface area (Å²) in [6.07, 6.45) is 2.65. The lowest BCUT2D eigenvalue weighted by molar-refractivity contribution is -0.130. The zero-order valence-electron chi connectivity index (χ0n) is 10.0. The van der Waals surface area contributed by atoms with Crippen LogP contribution in [0.1, 0.15) is 31.9 Å². The number of hydrogen-bond acceptors (Lipinski definition) is 1. The quantitative estimate of drug-likeness (QED) is 0.787. The second-order valence-corrected chi connectivity index (χ2v) is 4.30. The highest BCUT2D eigenvalue weighted by atomic mass is 16.4. The summed E-state index contributed by atoms with van der Waals surface area (Å²) in [6.45, 7) is 6.08. The van der Waals surface area contributed by atoms with E-state index < -0.39 is 5.97 Å². The van der Waals surface area contributed by atoms with Gasteiger partial charge in [0.05, 0.1) is 5.57 Å². The number of aliphatic carboxylic acids is 1. The normalized spacial score (nSPS) is 11.9. The lowest BCUT2D eigenvalue weighted by Gasteiger charge is -2.06.